The highest BCUT2D eigenvalue weighted by Crippen LogP contribution is 2.37. The first-order valence-corrected chi connectivity index (χ1v) is 4.33. The molecule has 2 rings (SSSR count). The van der Waals surface area contributed by atoms with E-state index in [2.05, 4.69) is 5.32 Å². The molecule has 2 nitrogen and oxygen atoms in total. The van der Waals surface area contributed by atoms with Gasteiger partial charge in [-0.25, -0.2) is 8.78 Å². The average molecular weight is 214 g/mol. The summed E-state index contributed by atoms with van der Waals surface area (Å²) in [7, 11) is 0. The Labute approximate surface area is 82.4 Å². The van der Waals surface area contributed by atoms with Gasteiger partial charge in [0.2, 0.25) is 0 Å². The first kappa shape index (κ1) is 11.1. The number of ether oxygens (including phenoxy) is 1. The third-order valence-corrected chi connectivity index (χ3v) is 2.69. The molecular weight excluding hydrogens is 200 g/mol. The lowest BCUT2D eigenvalue weighted by molar-refractivity contribution is -0.0641. The van der Waals surface area contributed by atoms with Gasteiger partial charge in [-0.15, -0.1) is 12.4 Å². The Hall–Kier alpha value is 0.0700. The van der Waals surface area contributed by atoms with Crippen molar-refractivity contribution in [3.8, 4) is 0 Å². The predicted octanol–water partition coefficient (Wildman–Crippen LogP) is 1.59. The average Bonchev–Trinajstić information content (AvgIpc) is 2.34. The van der Waals surface area contributed by atoms with Crippen LogP contribution in [0.15, 0.2) is 0 Å². The van der Waals surface area contributed by atoms with E-state index < -0.39 is 11.5 Å². The Bertz CT molecular complexity index is 183. The van der Waals surface area contributed by atoms with Crippen molar-refractivity contribution in [1.82, 2.24) is 5.32 Å². The molecule has 0 amide bonds. The highest BCUT2D eigenvalue weighted by Gasteiger charge is 2.47. The molecule has 5 heteroatoms. The molecule has 2 fully saturated rings. The molecule has 0 bridgehead atoms. The summed E-state index contributed by atoms with van der Waals surface area (Å²) < 4.78 is 31.1. The van der Waals surface area contributed by atoms with Crippen molar-refractivity contribution in [2.24, 2.45) is 0 Å². The van der Waals surface area contributed by atoms with E-state index >= 15 is 0 Å². The number of nitrogens with one attached hydrogen (secondary N) is 1. The van der Waals surface area contributed by atoms with Crippen LogP contribution in [0.25, 0.3) is 0 Å². The van der Waals surface area contributed by atoms with Gasteiger partial charge in [0.05, 0.1) is 6.61 Å². The maximum absolute atomic E-state index is 13.0. The van der Waals surface area contributed by atoms with Crippen molar-refractivity contribution in [2.75, 3.05) is 19.8 Å². The Morgan fingerprint density at radius 2 is 2.00 bits per heavy atom. The molecule has 78 valence electrons. The monoisotopic (exact) mass is 213 g/mol. The van der Waals surface area contributed by atoms with E-state index in [1.165, 1.54) is 0 Å². The number of halogens is 3. The van der Waals surface area contributed by atoms with Gasteiger partial charge in [-0.05, 0) is 6.42 Å². The van der Waals surface area contributed by atoms with Gasteiger partial charge in [0.25, 0.3) is 5.92 Å². The molecule has 2 heterocycles. The SMILES string of the molecule is Cl.FC1(F)CCNC2(CCOC2)C1. The van der Waals surface area contributed by atoms with Crippen molar-refractivity contribution in [3.63, 3.8) is 0 Å². The molecule has 2 aliphatic rings. The van der Waals surface area contributed by atoms with Gasteiger partial charge in [-0.1, -0.05) is 0 Å². The quantitative estimate of drug-likeness (QED) is 0.660. The van der Waals surface area contributed by atoms with E-state index in [1.54, 1.807) is 0 Å². The molecule has 1 spiro atoms. The van der Waals surface area contributed by atoms with Gasteiger partial charge in [0.1, 0.15) is 0 Å². The normalized spacial score (nSPS) is 37.4. The maximum Gasteiger partial charge on any atom is 0.251 e. The van der Waals surface area contributed by atoms with Crippen LogP contribution in [0.5, 0.6) is 0 Å². The number of hydrogen-bond donors (Lipinski definition) is 1. The van der Waals surface area contributed by atoms with Crippen LogP contribution in [0.4, 0.5) is 8.78 Å². The molecule has 13 heavy (non-hydrogen) atoms. The number of rotatable bonds is 0. The molecule has 0 aromatic rings. The largest absolute Gasteiger partial charge is 0.379 e. The Morgan fingerprint density at radius 1 is 1.23 bits per heavy atom. The molecule has 1 unspecified atom stereocenters. The van der Waals surface area contributed by atoms with E-state index in [0.29, 0.717) is 19.8 Å². The lowest BCUT2D eigenvalue weighted by atomic mass is 9.86. The zero-order chi connectivity index (χ0) is 8.66. The van der Waals surface area contributed by atoms with Crippen molar-refractivity contribution in [3.05, 3.63) is 0 Å². The molecule has 0 aliphatic carbocycles. The van der Waals surface area contributed by atoms with Gasteiger partial charge >= 0.3 is 0 Å². The van der Waals surface area contributed by atoms with Gasteiger partial charge in [0, 0.05) is 31.5 Å². The third kappa shape index (κ3) is 2.30. The number of piperidine rings is 1. The fourth-order valence-corrected chi connectivity index (χ4v) is 2.04. The van der Waals surface area contributed by atoms with Crippen LogP contribution >= 0.6 is 12.4 Å². The standard InChI is InChI=1S/C8H13F2NO.ClH/c9-8(10)1-3-11-7(5-8)2-4-12-6-7;/h11H,1-6H2;1H. The molecule has 0 aromatic carbocycles. The molecule has 2 saturated heterocycles. The fraction of sp³-hybridized carbons (Fsp3) is 1.00. The minimum atomic E-state index is -2.49. The summed E-state index contributed by atoms with van der Waals surface area (Å²) in [6.07, 6.45) is 0.636. The molecule has 1 N–H and O–H groups in total. The second kappa shape index (κ2) is 3.67. The predicted molar refractivity (Wildman–Crippen MR) is 47.6 cm³/mol. The Morgan fingerprint density at radius 3 is 2.54 bits per heavy atom. The topological polar surface area (TPSA) is 21.3 Å². The van der Waals surface area contributed by atoms with Gasteiger partial charge in [-0.3, -0.25) is 0 Å². The van der Waals surface area contributed by atoms with Crippen LogP contribution < -0.4 is 5.32 Å². The van der Waals surface area contributed by atoms with E-state index in [0.717, 1.165) is 6.42 Å². The number of hydrogen-bond acceptors (Lipinski definition) is 2. The van der Waals surface area contributed by atoms with Crippen LogP contribution in [0.1, 0.15) is 19.3 Å². The molecule has 2 aliphatic heterocycles. The summed E-state index contributed by atoms with van der Waals surface area (Å²) in [5, 5.41) is 3.15. The number of alkyl halides is 2. The summed E-state index contributed by atoms with van der Waals surface area (Å²) in [5.74, 6) is -2.49. The van der Waals surface area contributed by atoms with Gasteiger partial charge < -0.3 is 10.1 Å². The highest BCUT2D eigenvalue weighted by atomic mass is 35.5. The lowest BCUT2D eigenvalue weighted by Gasteiger charge is -2.37. The Balaban J connectivity index is 0.000000845. The van der Waals surface area contributed by atoms with Gasteiger partial charge in [0.15, 0.2) is 0 Å². The summed E-state index contributed by atoms with van der Waals surface area (Å²) in [6, 6.07) is 0. The highest BCUT2D eigenvalue weighted by molar-refractivity contribution is 5.85. The zero-order valence-corrected chi connectivity index (χ0v) is 8.13. The second-order valence-corrected chi connectivity index (χ2v) is 3.79. The second-order valence-electron chi connectivity index (χ2n) is 3.79. The van der Waals surface area contributed by atoms with Crippen LogP contribution in [-0.4, -0.2) is 31.2 Å². The fourth-order valence-electron chi connectivity index (χ4n) is 2.04. The van der Waals surface area contributed by atoms with Crippen molar-refractivity contribution >= 4 is 12.4 Å². The molecule has 0 saturated carbocycles. The molecular formula is C8H14ClF2NO. The zero-order valence-electron chi connectivity index (χ0n) is 7.32. The third-order valence-electron chi connectivity index (χ3n) is 2.69. The summed E-state index contributed by atoms with van der Waals surface area (Å²) in [6.45, 7) is 1.47. The summed E-state index contributed by atoms with van der Waals surface area (Å²) in [5.41, 5.74) is -0.415. The molecule has 1 atom stereocenters. The van der Waals surface area contributed by atoms with Crippen molar-refractivity contribution < 1.29 is 13.5 Å². The van der Waals surface area contributed by atoms with E-state index in [4.69, 9.17) is 4.74 Å². The van der Waals surface area contributed by atoms with Gasteiger partial charge in [-0.2, -0.15) is 0 Å². The lowest BCUT2D eigenvalue weighted by Crippen LogP contribution is -2.55. The molecule has 0 radical (unpaired) electrons. The summed E-state index contributed by atoms with van der Waals surface area (Å²) >= 11 is 0. The van der Waals surface area contributed by atoms with Crippen LogP contribution in [-0.2, 0) is 4.74 Å². The van der Waals surface area contributed by atoms with Crippen molar-refractivity contribution in [2.45, 2.75) is 30.7 Å². The van der Waals surface area contributed by atoms with Crippen LogP contribution in [0, 0.1) is 0 Å². The van der Waals surface area contributed by atoms with E-state index in [-0.39, 0.29) is 25.2 Å². The van der Waals surface area contributed by atoms with Crippen LogP contribution in [0.2, 0.25) is 0 Å². The van der Waals surface area contributed by atoms with Crippen molar-refractivity contribution in [1.29, 1.82) is 0 Å². The Kier molecular flexibility index (Phi) is 3.15. The minimum absolute atomic E-state index is 0. The summed E-state index contributed by atoms with van der Waals surface area (Å²) in [4.78, 5) is 0. The maximum atomic E-state index is 13.0. The first-order valence-electron chi connectivity index (χ1n) is 4.33. The van der Waals surface area contributed by atoms with Crippen LogP contribution in [0.3, 0.4) is 0 Å². The molecule has 0 aromatic heterocycles. The smallest absolute Gasteiger partial charge is 0.251 e. The first-order chi connectivity index (χ1) is 5.62. The minimum Gasteiger partial charge on any atom is -0.379 e. The van der Waals surface area contributed by atoms with E-state index in [9.17, 15) is 8.78 Å². The van der Waals surface area contributed by atoms with E-state index in [1.807, 2.05) is 0 Å².